The first-order chi connectivity index (χ1) is 32.0. The fourth-order valence-corrected chi connectivity index (χ4v) is 9.45. The van der Waals surface area contributed by atoms with Gasteiger partial charge < -0.3 is 144 Å². The second-order valence-electron chi connectivity index (χ2n) is 16.9. The minimum Gasteiger partial charge on any atom is -0.394 e. The lowest BCUT2D eigenvalue weighted by Crippen LogP contribution is -2.69. The summed E-state index contributed by atoms with van der Waals surface area (Å²) in [5.41, 5.74) is 0. The maximum atomic E-state index is 11.4. The van der Waals surface area contributed by atoms with E-state index >= 15 is 0 Å². The first kappa shape index (κ1) is 54.1. The zero-order valence-corrected chi connectivity index (χ0v) is 36.4. The molecule has 0 aliphatic carbocycles. The van der Waals surface area contributed by atoms with Gasteiger partial charge in [-0.1, -0.05) is 0 Å². The summed E-state index contributed by atoms with van der Waals surface area (Å²) in [5, 5.41) is 185. The van der Waals surface area contributed by atoms with E-state index in [-0.39, 0.29) is 0 Å². The van der Waals surface area contributed by atoms with Crippen LogP contribution in [0.5, 0.6) is 0 Å². The Morgan fingerprint density at radius 1 is 0.254 bits per heavy atom. The lowest BCUT2D eigenvalue weighted by Gasteiger charge is -2.50. The molecule has 0 aromatic rings. The SMILES string of the molecule is OC[C@H]1O[C@@H]2O[C@H]3[C@H](O)[C@@H](O)[C@@H](O[C@H]4[C@H](O)[C@@H](O)[C@@H](O[C@H]5[C@H](O)[C@@H](O)[C@@H](O[C@H]6[C@H](O)[C@@H](O)[C@@H](O[C@H]7[C@H](O)[C@@H](O)[C@@H](O[C@@H]1[C@H](OBr)[C@H]2O)O[C@@H]7CO)O[C@@H]6CO)O[C@@H]5CO)O[C@@H]4CO)O[C@@H]3CO. The van der Waals surface area contributed by atoms with Crippen LogP contribution in [0.4, 0.5) is 0 Å². The molecule has 22 aliphatic rings. The van der Waals surface area contributed by atoms with E-state index in [9.17, 15) is 86.8 Å². The molecule has 0 amide bonds. The Morgan fingerprint density at radius 2 is 0.433 bits per heavy atom. The summed E-state index contributed by atoms with van der Waals surface area (Å²) in [7, 11) is 0. The van der Waals surface area contributed by atoms with Gasteiger partial charge in [0.25, 0.3) is 0 Å². The van der Waals surface area contributed by atoms with Crippen LogP contribution in [0.15, 0.2) is 0 Å². The molecule has 30 nitrogen and oxygen atoms in total. The van der Waals surface area contributed by atoms with E-state index in [1.165, 1.54) is 0 Å². The van der Waals surface area contributed by atoms with Crippen LogP contribution in [-0.4, -0.2) is 311 Å². The zero-order chi connectivity index (χ0) is 48.8. The summed E-state index contributed by atoms with van der Waals surface area (Å²) in [5.74, 6) is 0. The van der Waals surface area contributed by atoms with E-state index in [4.69, 9.17) is 60.7 Å². The summed E-state index contributed by atoms with van der Waals surface area (Å²) < 4.78 is 73.8. The molecular weight excluding hydrogens is 992 g/mol. The van der Waals surface area contributed by atoms with Gasteiger partial charge in [0.1, 0.15) is 146 Å². The largest absolute Gasteiger partial charge is 0.394 e. The average molecular weight is 1050 g/mol. The number of aliphatic hydroxyl groups is 17. The fourth-order valence-electron chi connectivity index (χ4n) is 9.01. The van der Waals surface area contributed by atoms with Crippen LogP contribution in [-0.2, 0) is 60.7 Å². The highest BCUT2D eigenvalue weighted by molar-refractivity contribution is 9.06. The zero-order valence-electron chi connectivity index (χ0n) is 34.9. The normalized spacial score (nSPS) is 54.7. The number of ether oxygens (including phenoxy) is 12. The smallest absolute Gasteiger partial charge is 0.187 e. The van der Waals surface area contributed by atoms with E-state index < -0.39 is 224 Å². The van der Waals surface area contributed by atoms with E-state index in [1.807, 2.05) is 0 Å². The molecule has 30 atom stereocenters. The predicted molar refractivity (Wildman–Crippen MR) is 204 cm³/mol. The minimum atomic E-state index is -2.14. The lowest BCUT2D eigenvalue weighted by atomic mass is 9.94. The van der Waals surface area contributed by atoms with Crippen molar-refractivity contribution in [1.82, 2.24) is 0 Å². The van der Waals surface area contributed by atoms with Crippen LogP contribution < -0.4 is 0 Å². The minimum absolute atomic E-state index is 0.934. The third-order valence-electron chi connectivity index (χ3n) is 12.7. The van der Waals surface area contributed by atoms with Gasteiger partial charge in [0, 0.05) is 0 Å². The van der Waals surface area contributed by atoms with Crippen LogP contribution >= 0.6 is 16.3 Å². The van der Waals surface area contributed by atoms with E-state index in [0.717, 1.165) is 0 Å². The first-order valence-corrected chi connectivity index (χ1v) is 21.9. The molecule has 22 rings (SSSR count). The predicted octanol–water partition coefficient (Wildman–Crippen LogP) is -11.7. The highest BCUT2D eigenvalue weighted by Gasteiger charge is 2.59. The third-order valence-corrected chi connectivity index (χ3v) is 13.2. The second-order valence-corrected chi connectivity index (χ2v) is 17.3. The monoisotopic (exact) mass is 1050 g/mol. The molecular formula is C36H59BrO30. The van der Waals surface area contributed by atoms with E-state index in [0.29, 0.717) is 0 Å². The molecule has 17 N–H and O–H groups in total. The van der Waals surface area contributed by atoms with Crippen LogP contribution in [0.25, 0.3) is 0 Å². The van der Waals surface area contributed by atoms with Gasteiger partial charge in [-0.15, -0.1) is 0 Å². The molecule has 22 fully saturated rings. The molecule has 31 heteroatoms. The molecule has 0 saturated carbocycles. The van der Waals surface area contributed by atoms with Crippen LogP contribution in [0.2, 0.25) is 0 Å². The van der Waals surface area contributed by atoms with Crippen molar-refractivity contribution in [3.8, 4) is 0 Å². The van der Waals surface area contributed by atoms with Crippen molar-refractivity contribution in [3.63, 3.8) is 0 Å². The number of aliphatic hydroxyl groups excluding tert-OH is 17. The summed E-state index contributed by atoms with van der Waals surface area (Å²) >= 11 is 2.76. The molecule has 12 bridgehead atoms. The molecule has 0 aromatic carbocycles. The molecule has 0 aromatic heterocycles. The maximum absolute atomic E-state index is 11.4. The van der Waals surface area contributed by atoms with Gasteiger partial charge in [0.2, 0.25) is 0 Å². The Labute approximate surface area is 387 Å². The highest BCUT2D eigenvalue weighted by atomic mass is 79.9. The summed E-state index contributed by atoms with van der Waals surface area (Å²) in [6.45, 7) is -5.86. The molecule has 390 valence electrons. The quantitative estimate of drug-likeness (QED) is 0.113. The molecule has 22 heterocycles. The average Bonchev–Trinajstić information content (AvgIpc) is 3.32. The Bertz CT molecular complexity index is 1530. The Balaban J connectivity index is 1.20. The van der Waals surface area contributed by atoms with Gasteiger partial charge >= 0.3 is 0 Å². The van der Waals surface area contributed by atoms with Crippen molar-refractivity contribution in [2.24, 2.45) is 0 Å². The summed E-state index contributed by atoms with van der Waals surface area (Å²) in [6, 6.07) is 0. The van der Waals surface area contributed by atoms with Crippen molar-refractivity contribution in [1.29, 1.82) is 0 Å². The lowest BCUT2D eigenvalue weighted by molar-refractivity contribution is -0.403. The number of hydrogen-bond donors (Lipinski definition) is 17. The molecule has 22 aliphatic heterocycles. The van der Waals surface area contributed by atoms with Gasteiger partial charge in [0.05, 0.1) is 55.9 Å². The van der Waals surface area contributed by atoms with Crippen molar-refractivity contribution >= 4 is 16.3 Å². The van der Waals surface area contributed by atoms with E-state index in [1.54, 1.807) is 0 Å². The van der Waals surface area contributed by atoms with Gasteiger partial charge in [-0.05, 0) is 0 Å². The van der Waals surface area contributed by atoms with Gasteiger partial charge in [-0.2, -0.15) is 0 Å². The van der Waals surface area contributed by atoms with Gasteiger partial charge in [-0.3, -0.25) is 3.83 Å². The van der Waals surface area contributed by atoms with Crippen molar-refractivity contribution in [3.05, 3.63) is 0 Å². The molecule has 67 heavy (non-hydrogen) atoms. The Kier molecular flexibility index (Phi) is 18.6. The number of halogens is 1. The van der Waals surface area contributed by atoms with Crippen LogP contribution in [0.3, 0.4) is 0 Å². The number of rotatable bonds is 7. The first-order valence-electron chi connectivity index (χ1n) is 21.2. The fraction of sp³-hybridized carbons (Fsp3) is 1.00. The molecule has 0 spiro atoms. The van der Waals surface area contributed by atoms with Crippen molar-refractivity contribution in [2.75, 3.05) is 39.6 Å². The Hall–Kier alpha value is -0.720. The topological polar surface area (TPSA) is 464 Å². The third kappa shape index (κ3) is 10.6. The maximum Gasteiger partial charge on any atom is 0.187 e. The van der Waals surface area contributed by atoms with Crippen LogP contribution in [0, 0.1) is 0 Å². The summed E-state index contributed by atoms with van der Waals surface area (Å²) in [6.07, 6.45) is -57.0. The number of hydrogen-bond acceptors (Lipinski definition) is 30. The summed E-state index contributed by atoms with van der Waals surface area (Å²) in [4.78, 5) is 0. The standard InChI is InChI=1S/C36H59BrO30/c37-67-30-23(54)36-60-12(6-43)29(30)66-35-22(53)17(48)27(10(4-41)59-35)64-33-20(51)15(46)25(8(2-39)57-33)62-31-18(49)13(44)24(7(1-38)55-31)61-32-19(50)14(45)26(9(3-40)56-32)63-34-21(52)16(47)28(65-36)11(5-42)58-34/h7-36,38-54H,1-6H2/t7-,8-,9-,10-,11-,12-,13-,14-,15-,16-,17-,18-,19-,20-,21-,22-,23-,24-,25-,26-,27-,28-,29+,30-,31-,32-,33-,34-,35-,36-/m1/s1. The molecule has 0 unspecified atom stereocenters. The second kappa shape index (κ2) is 23.0. The van der Waals surface area contributed by atoms with Crippen molar-refractivity contribution < 1.29 is 147 Å². The van der Waals surface area contributed by atoms with Crippen molar-refractivity contribution in [2.45, 2.75) is 184 Å². The van der Waals surface area contributed by atoms with Crippen LogP contribution in [0.1, 0.15) is 0 Å². The van der Waals surface area contributed by atoms with Gasteiger partial charge in [0.15, 0.2) is 37.7 Å². The highest BCUT2D eigenvalue weighted by Crippen LogP contribution is 2.38. The van der Waals surface area contributed by atoms with E-state index in [2.05, 4.69) is 16.3 Å². The van der Waals surface area contributed by atoms with Gasteiger partial charge in [-0.25, -0.2) is 0 Å². The molecule has 0 radical (unpaired) electrons. The Morgan fingerprint density at radius 3 is 0.627 bits per heavy atom. The molecule has 22 saturated heterocycles.